The largest absolute Gasteiger partial charge is 0.343 e. The van der Waals surface area contributed by atoms with Crippen LogP contribution in [0.1, 0.15) is 18.1 Å². The van der Waals surface area contributed by atoms with Gasteiger partial charge < -0.3 is 0 Å². The zero-order chi connectivity index (χ0) is 13.1. The number of H-pyrrole nitrogens is 1. The monoisotopic (exact) mass is 260 g/mol. The zero-order valence-electron chi connectivity index (χ0n) is 10.1. The number of aryl methyl sites for hydroxylation is 1. The number of nitrogens with one attached hydrogen (secondary N) is 1. The van der Waals surface area contributed by atoms with E-state index in [1.807, 2.05) is 26.0 Å². The van der Waals surface area contributed by atoms with Crippen LogP contribution < -0.4 is 5.69 Å². The summed E-state index contributed by atoms with van der Waals surface area (Å²) in [7, 11) is 0. The average Bonchev–Trinajstić information content (AvgIpc) is 2.70. The highest BCUT2D eigenvalue weighted by atomic mass is 32.2. The van der Waals surface area contributed by atoms with Gasteiger partial charge in [0.1, 0.15) is 6.07 Å². The van der Waals surface area contributed by atoms with Crippen LogP contribution in [-0.4, -0.2) is 14.8 Å². The molecular formula is C12H12N4OS. The lowest BCUT2D eigenvalue weighted by atomic mass is 10.2. The fourth-order valence-corrected chi connectivity index (χ4v) is 2.64. The maximum Gasteiger partial charge on any atom is 0.343 e. The molecule has 1 aromatic heterocycles. The molecule has 1 heterocycles. The summed E-state index contributed by atoms with van der Waals surface area (Å²) in [5.74, 6) is 0. The molecule has 6 heteroatoms. The third-order valence-corrected chi connectivity index (χ3v) is 3.55. The van der Waals surface area contributed by atoms with Gasteiger partial charge in [-0.25, -0.2) is 9.89 Å². The van der Waals surface area contributed by atoms with Crippen LogP contribution in [0.25, 0.3) is 0 Å². The Labute approximate surface area is 108 Å². The van der Waals surface area contributed by atoms with Crippen molar-refractivity contribution in [2.45, 2.75) is 30.4 Å². The summed E-state index contributed by atoms with van der Waals surface area (Å²) in [5.41, 5.74) is 1.42. The van der Waals surface area contributed by atoms with Gasteiger partial charge in [0.05, 0.1) is 5.56 Å². The van der Waals surface area contributed by atoms with Crippen LogP contribution >= 0.6 is 11.8 Å². The Hall–Kier alpha value is -2.00. The molecule has 0 spiro atoms. The Morgan fingerprint density at radius 3 is 3.00 bits per heavy atom. The summed E-state index contributed by atoms with van der Waals surface area (Å²) in [4.78, 5) is 12.3. The Kier molecular flexibility index (Phi) is 3.53. The second-order valence-corrected chi connectivity index (χ2v) is 4.78. The van der Waals surface area contributed by atoms with Gasteiger partial charge in [-0.1, -0.05) is 6.07 Å². The molecule has 5 nitrogen and oxygen atoms in total. The number of aromatic amines is 1. The molecule has 0 saturated heterocycles. The van der Waals surface area contributed by atoms with Gasteiger partial charge in [-0.15, -0.1) is 5.10 Å². The van der Waals surface area contributed by atoms with E-state index in [2.05, 4.69) is 16.3 Å². The Balaban J connectivity index is 2.43. The first-order valence-corrected chi connectivity index (χ1v) is 6.31. The molecule has 0 aliphatic heterocycles. The summed E-state index contributed by atoms with van der Waals surface area (Å²) < 4.78 is 1.54. The van der Waals surface area contributed by atoms with Crippen molar-refractivity contribution >= 4 is 11.8 Å². The SMILES string of the molecule is CCn1c(Sc2cc(C)ccc2C#N)n[nH]c1=O. The Morgan fingerprint density at radius 1 is 1.56 bits per heavy atom. The molecule has 1 N–H and O–H groups in total. The van der Waals surface area contributed by atoms with Crippen molar-refractivity contribution in [3.8, 4) is 6.07 Å². The van der Waals surface area contributed by atoms with Crippen LogP contribution in [0.3, 0.4) is 0 Å². The minimum atomic E-state index is -0.230. The average molecular weight is 260 g/mol. The van der Waals surface area contributed by atoms with E-state index in [4.69, 9.17) is 5.26 Å². The first kappa shape index (κ1) is 12.5. The molecule has 0 amide bonds. The molecule has 18 heavy (non-hydrogen) atoms. The van der Waals surface area contributed by atoms with E-state index in [1.54, 1.807) is 6.07 Å². The molecule has 0 radical (unpaired) electrons. The molecule has 2 aromatic rings. The van der Waals surface area contributed by atoms with E-state index in [-0.39, 0.29) is 5.69 Å². The predicted octanol–water partition coefficient (Wildman–Crippen LogP) is 1.92. The number of nitrogens with zero attached hydrogens (tertiary/aromatic N) is 3. The second-order valence-electron chi connectivity index (χ2n) is 3.77. The van der Waals surface area contributed by atoms with Gasteiger partial charge in [0.15, 0.2) is 5.16 Å². The second kappa shape index (κ2) is 5.10. The molecule has 0 aliphatic carbocycles. The summed E-state index contributed by atoms with van der Waals surface area (Å²) in [6.07, 6.45) is 0. The first-order valence-electron chi connectivity index (χ1n) is 5.49. The van der Waals surface area contributed by atoms with E-state index in [0.717, 1.165) is 10.5 Å². The highest BCUT2D eigenvalue weighted by Gasteiger charge is 2.11. The number of hydrogen-bond acceptors (Lipinski definition) is 4. The molecule has 0 atom stereocenters. The molecule has 0 aliphatic rings. The van der Waals surface area contributed by atoms with Gasteiger partial charge in [-0.2, -0.15) is 5.26 Å². The predicted molar refractivity (Wildman–Crippen MR) is 68.5 cm³/mol. The van der Waals surface area contributed by atoms with Gasteiger partial charge in [0.2, 0.25) is 0 Å². The van der Waals surface area contributed by atoms with Gasteiger partial charge in [0.25, 0.3) is 0 Å². The lowest BCUT2D eigenvalue weighted by Crippen LogP contribution is -2.16. The van der Waals surface area contributed by atoms with Crippen molar-refractivity contribution in [1.82, 2.24) is 14.8 Å². The minimum Gasteiger partial charge on any atom is -0.270 e. The van der Waals surface area contributed by atoms with E-state index < -0.39 is 0 Å². The van der Waals surface area contributed by atoms with Crippen molar-refractivity contribution in [2.24, 2.45) is 0 Å². The fraction of sp³-hybridized carbons (Fsp3) is 0.250. The van der Waals surface area contributed by atoms with Crippen LogP contribution in [0, 0.1) is 18.3 Å². The minimum absolute atomic E-state index is 0.230. The van der Waals surface area contributed by atoms with Crippen LogP contribution in [0.5, 0.6) is 0 Å². The molecule has 0 saturated carbocycles. The van der Waals surface area contributed by atoms with Gasteiger partial charge in [-0.3, -0.25) is 4.57 Å². The Bertz CT molecular complexity index is 665. The first-order chi connectivity index (χ1) is 8.65. The van der Waals surface area contributed by atoms with Crippen molar-refractivity contribution in [2.75, 3.05) is 0 Å². The van der Waals surface area contributed by atoms with Gasteiger partial charge >= 0.3 is 5.69 Å². The van der Waals surface area contributed by atoms with Gasteiger partial charge in [0, 0.05) is 11.4 Å². The van der Waals surface area contributed by atoms with Crippen LogP contribution in [0.4, 0.5) is 0 Å². The summed E-state index contributed by atoms with van der Waals surface area (Å²) in [5, 5.41) is 16.0. The number of benzene rings is 1. The van der Waals surface area contributed by atoms with Crippen LogP contribution in [0.15, 0.2) is 33.0 Å². The van der Waals surface area contributed by atoms with Crippen molar-refractivity contribution < 1.29 is 0 Å². The molecule has 0 bridgehead atoms. The van der Waals surface area contributed by atoms with Crippen molar-refractivity contribution in [1.29, 1.82) is 5.26 Å². The van der Waals surface area contributed by atoms with E-state index >= 15 is 0 Å². The molecule has 0 fully saturated rings. The molecule has 2 rings (SSSR count). The lowest BCUT2D eigenvalue weighted by Gasteiger charge is -2.05. The van der Waals surface area contributed by atoms with E-state index in [1.165, 1.54) is 16.3 Å². The highest BCUT2D eigenvalue weighted by Crippen LogP contribution is 2.28. The normalized spacial score (nSPS) is 10.3. The molecule has 1 aromatic carbocycles. The lowest BCUT2D eigenvalue weighted by molar-refractivity contribution is 0.660. The standard InChI is InChI=1S/C12H12N4OS/c1-3-16-11(17)14-15-12(16)18-10-6-8(2)4-5-9(10)7-13/h4-6H,3H2,1-2H3,(H,14,17). The van der Waals surface area contributed by atoms with E-state index in [9.17, 15) is 4.79 Å². The third-order valence-electron chi connectivity index (χ3n) is 2.50. The fourth-order valence-electron chi connectivity index (χ4n) is 1.56. The summed E-state index contributed by atoms with van der Waals surface area (Å²) in [6.45, 7) is 4.39. The number of hydrogen-bond donors (Lipinski definition) is 1. The number of aromatic nitrogens is 3. The zero-order valence-corrected chi connectivity index (χ0v) is 10.9. The highest BCUT2D eigenvalue weighted by molar-refractivity contribution is 7.99. The Morgan fingerprint density at radius 2 is 2.33 bits per heavy atom. The molecule has 0 unspecified atom stereocenters. The van der Waals surface area contributed by atoms with E-state index in [0.29, 0.717) is 17.3 Å². The maximum absolute atomic E-state index is 11.4. The van der Waals surface area contributed by atoms with Crippen LogP contribution in [-0.2, 0) is 6.54 Å². The van der Waals surface area contributed by atoms with Crippen LogP contribution in [0.2, 0.25) is 0 Å². The van der Waals surface area contributed by atoms with Crippen molar-refractivity contribution in [3.63, 3.8) is 0 Å². The molecular weight excluding hydrogens is 248 g/mol. The maximum atomic E-state index is 11.4. The summed E-state index contributed by atoms with van der Waals surface area (Å²) >= 11 is 1.32. The van der Waals surface area contributed by atoms with Crippen molar-refractivity contribution in [3.05, 3.63) is 39.8 Å². The summed E-state index contributed by atoms with van der Waals surface area (Å²) in [6, 6.07) is 7.73. The van der Waals surface area contributed by atoms with Gasteiger partial charge in [-0.05, 0) is 43.3 Å². The number of nitriles is 1. The third kappa shape index (κ3) is 2.31. The molecule has 92 valence electrons. The smallest absolute Gasteiger partial charge is 0.270 e. The quantitative estimate of drug-likeness (QED) is 0.915. The number of rotatable bonds is 3. The topological polar surface area (TPSA) is 74.5 Å².